The van der Waals surface area contributed by atoms with E-state index >= 15 is 0 Å². The minimum atomic E-state index is -0.578. The van der Waals surface area contributed by atoms with Gasteiger partial charge in [0.25, 0.3) is 11.6 Å². The summed E-state index contributed by atoms with van der Waals surface area (Å²) < 4.78 is 0. The van der Waals surface area contributed by atoms with Crippen molar-refractivity contribution in [3.05, 3.63) is 38.9 Å². The average molecular weight is 314 g/mol. The molecule has 0 aliphatic heterocycles. The molecule has 1 amide bonds. The van der Waals surface area contributed by atoms with Crippen molar-refractivity contribution in [2.24, 2.45) is 0 Å². The number of nitrogens with one attached hydrogen (secondary N) is 1. The SMILES string of the molecule is CC(C)N(C)CCCNC(=O)c1ccc([N+](=O)[O-])c(Cl)c1. The minimum Gasteiger partial charge on any atom is -0.352 e. The maximum Gasteiger partial charge on any atom is 0.287 e. The lowest BCUT2D eigenvalue weighted by molar-refractivity contribution is -0.384. The number of rotatable bonds is 7. The first-order chi connectivity index (χ1) is 9.82. The molecule has 0 saturated carbocycles. The topological polar surface area (TPSA) is 75.5 Å². The number of amides is 1. The van der Waals surface area contributed by atoms with E-state index in [1.165, 1.54) is 18.2 Å². The van der Waals surface area contributed by atoms with E-state index in [0.29, 0.717) is 18.2 Å². The second kappa shape index (κ2) is 7.95. The van der Waals surface area contributed by atoms with Gasteiger partial charge in [-0.15, -0.1) is 0 Å². The Hall–Kier alpha value is -1.66. The third kappa shape index (κ3) is 5.32. The molecule has 0 aromatic heterocycles. The van der Waals surface area contributed by atoms with Crippen molar-refractivity contribution >= 4 is 23.2 Å². The van der Waals surface area contributed by atoms with Gasteiger partial charge in [-0.1, -0.05) is 11.6 Å². The van der Waals surface area contributed by atoms with E-state index in [1.807, 2.05) is 7.05 Å². The highest BCUT2D eigenvalue weighted by Gasteiger charge is 2.15. The molecular formula is C14H20ClN3O3. The summed E-state index contributed by atoms with van der Waals surface area (Å²) in [6, 6.07) is 4.42. The van der Waals surface area contributed by atoms with Crippen molar-refractivity contribution in [2.45, 2.75) is 26.3 Å². The normalized spacial score (nSPS) is 11.0. The Morgan fingerprint density at radius 3 is 2.67 bits per heavy atom. The number of benzene rings is 1. The number of nitro benzene ring substituents is 1. The quantitative estimate of drug-likeness (QED) is 0.477. The Morgan fingerprint density at radius 2 is 2.14 bits per heavy atom. The Labute approximate surface area is 129 Å². The van der Waals surface area contributed by atoms with Gasteiger partial charge in [-0.25, -0.2) is 0 Å². The van der Waals surface area contributed by atoms with Crippen molar-refractivity contribution < 1.29 is 9.72 Å². The molecule has 1 aromatic rings. The molecule has 7 heteroatoms. The van der Waals surface area contributed by atoms with Gasteiger partial charge in [0.2, 0.25) is 0 Å². The van der Waals surface area contributed by atoms with Gasteiger partial charge in [0.15, 0.2) is 0 Å². The van der Waals surface area contributed by atoms with Crippen molar-refractivity contribution in [3.63, 3.8) is 0 Å². The molecule has 0 aliphatic rings. The number of nitrogens with zero attached hydrogens (tertiary/aromatic N) is 2. The second-order valence-corrected chi connectivity index (χ2v) is 5.51. The summed E-state index contributed by atoms with van der Waals surface area (Å²) in [6.07, 6.45) is 0.834. The molecule has 0 atom stereocenters. The van der Waals surface area contributed by atoms with E-state index in [0.717, 1.165) is 13.0 Å². The third-order valence-corrected chi connectivity index (χ3v) is 3.56. The zero-order chi connectivity index (χ0) is 16.0. The summed E-state index contributed by atoms with van der Waals surface area (Å²) in [7, 11) is 2.03. The zero-order valence-electron chi connectivity index (χ0n) is 12.4. The molecule has 0 unspecified atom stereocenters. The molecular weight excluding hydrogens is 294 g/mol. The van der Waals surface area contributed by atoms with Gasteiger partial charge in [-0.05, 0) is 46.0 Å². The van der Waals surface area contributed by atoms with Gasteiger partial charge < -0.3 is 10.2 Å². The van der Waals surface area contributed by atoms with Gasteiger partial charge in [0.1, 0.15) is 5.02 Å². The summed E-state index contributed by atoms with van der Waals surface area (Å²) in [5, 5.41) is 13.4. The maximum atomic E-state index is 11.9. The predicted octanol–water partition coefficient (Wildman–Crippen LogP) is 2.71. The summed E-state index contributed by atoms with van der Waals surface area (Å²) in [5.41, 5.74) is 0.120. The van der Waals surface area contributed by atoms with E-state index in [4.69, 9.17) is 11.6 Å². The largest absolute Gasteiger partial charge is 0.352 e. The van der Waals surface area contributed by atoms with Crippen molar-refractivity contribution in [3.8, 4) is 0 Å². The van der Waals surface area contributed by atoms with Crippen molar-refractivity contribution in [2.75, 3.05) is 20.1 Å². The number of hydrogen-bond donors (Lipinski definition) is 1. The molecule has 21 heavy (non-hydrogen) atoms. The number of carbonyl (C=O) groups is 1. The molecule has 1 rings (SSSR count). The lowest BCUT2D eigenvalue weighted by Crippen LogP contribution is -2.31. The Bertz CT molecular complexity index is 520. The van der Waals surface area contributed by atoms with E-state index < -0.39 is 4.92 Å². The van der Waals surface area contributed by atoms with Crippen LogP contribution in [0, 0.1) is 10.1 Å². The summed E-state index contributed by atoms with van der Waals surface area (Å²) in [4.78, 5) is 24.2. The first-order valence-corrected chi connectivity index (χ1v) is 7.13. The van der Waals surface area contributed by atoms with E-state index in [-0.39, 0.29) is 16.6 Å². The fourth-order valence-electron chi connectivity index (χ4n) is 1.69. The Balaban J connectivity index is 2.49. The van der Waals surface area contributed by atoms with Crippen LogP contribution in [0.5, 0.6) is 0 Å². The number of carbonyl (C=O) groups excluding carboxylic acids is 1. The second-order valence-electron chi connectivity index (χ2n) is 5.11. The molecule has 116 valence electrons. The fourth-order valence-corrected chi connectivity index (χ4v) is 1.94. The predicted molar refractivity (Wildman–Crippen MR) is 82.8 cm³/mol. The van der Waals surface area contributed by atoms with Crippen LogP contribution in [0.3, 0.4) is 0 Å². The fraction of sp³-hybridized carbons (Fsp3) is 0.500. The van der Waals surface area contributed by atoms with E-state index in [9.17, 15) is 14.9 Å². The lowest BCUT2D eigenvalue weighted by Gasteiger charge is -2.20. The molecule has 6 nitrogen and oxygen atoms in total. The number of nitro groups is 1. The van der Waals surface area contributed by atoms with E-state index in [1.54, 1.807) is 0 Å². The first-order valence-electron chi connectivity index (χ1n) is 6.75. The van der Waals surface area contributed by atoms with Gasteiger partial charge in [-0.3, -0.25) is 14.9 Å². The molecule has 0 spiro atoms. The molecule has 0 saturated heterocycles. The highest BCUT2D eigenvalue weighted by molar-refractivity contribution is 6.33. The molecule has 1 aromatic carbocycles. The summed E-state index contributed by atoms with van der Waals surface area (Å²) >= 11 is 5.78. The van der Waals surface area contributed by atoms with Crippen molar-refractivity contribution in [1.82, 2.24) is 10.2 Å². The minimum absolute atomic E-state index is 0.0350. The molecule has 1 N–H and O–H groups in total. The maximum absolute atomic E-state index is 11.9. The highest BCUT2D eigenvalue weighted by Crippen LogP contribution is 2.24. The monoisotopic (exact) mass is 313 g/mol. The van der Waals surface area contributed by atoms with Crippen LogP contribution in [0.15, 0.2) is 18.2 Å². The third-order valence-electron chi connectivity index (χ3n) is 3.26. The van der Waals surface area contributed by atoms with Crippen LogP contribution in [0.4, 0.5) is 5.69 Å². The lowest BCUT2D eigenvalue weighted by atomic mass is 10.2. The van der Waals surface area contributed by atoms with Crippen LogP contribution in [0.25, 0.3) is 0 Å². The van der Waals surface area contributed by atoms with Gasteiger partial charge >= 0.3 is 0 Å². The van der Waals surface area contributed by atoms with Crippen LogP contribution >= 0.6 is 11.6 Å². The number of halogens is 1. The van der Waals surface area contributed by atoms with Crippen molar-refractivity contribution in [1.29, 1.82) is 0 Å². The smallest absolute Gasteiger partial charge is 0.287 e. The standard InChI is InChI=1S/C14H20ClN3O3/c1-10(2)17(3)8-4-7-16-14(19)11-5-6-13(18(20)21)12(15)9-11/h5-6,9-10H,4,7-8H2,1-3H3,(H,16,19). The van der Waals surface area contributed by atoms with Crippen LogP contribution in [0.1, 0.15) is 30.6 Å². The molecule has 0 bridgehead atoms. The van der Waals surface area contributed by atoms with Gasteiger partial charge in [0, 0.05) is 24.2 Å². The Morgan fingerprint density at radius 1 is 1.48 bits per heavy atom. The van der Waals surface area contributed by atoms with Crippen LogP contribution in [-0.2, 0) is 0 Å². The highest BCUT2D eigenvalue weighted by atomic mass is 35.5. The Kier molecular flexibility index (Phi) is 6.58. The average Bonchev–Trinajstić information content (AvgIpc) is 2.42. The zero-order valence-corrected chi connectivity index (χ0v) is 13.2. The van der Waals surface area contributed by atoms with Crippen LogP contribution < -0.4 is 5.32 Å². The van der Waals surface area contributed by atoms with Gasteiger partial charge in [0.05, 0.1) is 4.92 Å². The summed E-state index contributed by atoms with van der Waals surface area (Å²) in [6.45, 7) is 5.65. The summed E-state index contributed by atoms with van der Waals surface area (Å²) in [5.74, 6) is -0.279. The van der Waals surface area contributed by atoms with E-state index in [2.05, 4.69) is 24.1 Å². The molecule has 0 fully saturated rings. The first kappa shape index (κ1) is 17.4. The van der Waals surface area contributed by atoms with Crippen LogP contribution in [-0.4, -0.2) is 41.9 Å². The molecule has 0 heterocycles. The molecule has 0 aliphatic carbocycles. The van der Waals surface area contributed by atoms with Crippen LogP contribution in [0.2, 0.25) is 5.02 Å². The van der Waals surface area contributed by atoms with Gasteiger partial charge in [-0.2, -0.15) is 0 Å². The molecule has 0 radical (unpaired) electrons. The number of hydrogen-bond acceptors (Lipinski definition) is 4.